The second-order valence-corrected chi connectivity index (χ2v) is 6.09. The molecule has 21 heavy (non-hydrogen) atoms. The molecule has 0 unspecified atom stereocenters. The molecule has 3 nitrogen and oxygen atoms in total. The van der Waals surface area contributed by atoms with E-state index in [1.807, 2.05) is 19.9 Å². The molecule has 1 fully saturated rings. The highest BCUT2D eigenvalue weighted by Crippen LogP contribution is 2.30. The van der Waals surface area contributed by atoms with Gasteiger partial charge in [-0.2, -0.15) is 0 Å². The van der Waals surface area contributed by atoms with Crippen LogP contribution in [-0.4, -0.2) is 29.2 Å². The van der Waals surface area contributed by atoms with E-state index >= 15 is 0 Å². The Morgan fingerprint density at radius 2 is 2.00 bits per heavy atom. The van der Waals surface area contributed by atoms with Gasteiger partial charge in [0.2, 0.25) is 0 Å². The maximum atomic E-state index is 10.9. The van der Waals surface area contributed by atoms with Gasteiger partial charge in [0.25, 0.3) is 0 Å². The fourth-order valence-electron chi connectivity index (χ4n) is 2.19. The van der Waals surface area contributed by atoms with E-state index in [4.69, 9.17) is 9.47 Å². The predicted octanol–water partition coefficient (Wildman–Crippen LogP) is 3.81. The van der Waals surface area contributed by atoms with Gasteiger partial charge in [0, 0.05) is 6.42 Å². The molecule has 0 amide bonds. The summed E-state index contributed by atoms with van der Waals surface area (Å²) in [5, 5.41) is 10.9. The highest BCUT2D eigenvalue weighted by molar-refractivity contribution is 5.26. The third-order valence-electron chi connectivity index (χ3n) is 3.54. The standard InChI is InChI=1S/C18H30O3/c1-5-7-9-11-13-18(19,14-12-10-8-6-2)16-15-20-17(3,4)21-16/h11,13,16,19H,5-10,15H2,1-4H3/b13-11+/t16-,18+/m0/s1. The number of aliphatic hydroxyl groups is 1. The number of ether oxygens (including phenoxy) is 2. The van der Waals surface area contributed by atoms with Gasteiger partial charge in [-0.1, -0.05) is 51.0 Å². The molecule has 0 bridgehead atoms. The maximum Gasteiger partial charge on any atom is 0.172 e. The average Bonchev–Trinajstić information content (AvgIpc) is 2.81. The van der Waals surface area contributed by atoms with Crippen molar-refractivity contribution < 1.29 is 14.6 Å². The van der Waals surface area contributed by atoms with Gasteiger partial charge in [-0.15, -0.1) is 0 Å². The zero-order valence-electron chi connectivity index (χ0n) is 13.9. The number of rotatable bonds is 7. The molecule has 0 spiro atoms. The van der Waals surface area contributed by atoms with Gasteiger partial charge in [-0.05, 0) is 32.8 Å². The fraction of sp³-hybridized carbons (Fsp3) is 0.778. The summed E-state index contributed by atoms with van der Waals surface area (Å²) in [6, 6.07) is 0. The molecule has 1 rings (SSSR count). The molecule has 1 heterocycles. The summed E-state index contributed by atoms with van der Waals surface area (Å²) < 4.78 is 11.4. The van der Waals surface area contributed by atoms with E-state index in [-0.39, 0.29) is 0 Å². The van der Waals surface area contributed by atoms with Gasteiger partial charge < -0.3 is 14.6 Å². The lowest BCUT2D eigenvalue weighted by Gasteiger charge is -2.26. The fourth-order valence-corrected chi connectivity index (χ4v) is 2.19. The Balaban J connectivity index is 2.77. The number of unbranched alkanes of at least 4 members (excludes halogenated alkanes) is 4. The molecule has 0 saturated carbocycles. The summed E-state index contributed by atoms with van der Waals surface area (Å²) in [5.41, 5.74) is -1.25. The monoisotopic (exact) mass is 294 g/mol. The minimum absolute atomic E-state index is 0.365. The molecule has 0 radical (unpaired) electrons. The van der Waals surface area contributed by atoms with Crippen molar-refractivity contribution in [2.75, 3.05) is 6.61 Å². The Labute approximate surface area is 129 Å². The molecule has 1 saturated heterocycles. The van der Waals surface area contributed by atoms with Crippen LogP contribution >= 0.6 is 0 Å². The molecule has 1 N–H and O–H groups in total. The van der Waals surface area contributed by atoms with Crippen LogP contribution in [0, 0.1) is 11.8 Å². The van der Waals surface area contributed by atoms with Crippen molar-refractivity contribution in [3.05, 3.63) is 12.2 Å². The van der Waals surface area contributed by atoms with E-state index in [9.17, 15) is 5.11 Å². The Hall–Kier alpha value is -0.820. The van der Waals surface area contributed by atoms with Gasteiger partial charge in [0.05, 0.1) is 6.61 Å². The van der Waals surface area contributed by atoms with Crippen molar-refractivity contribution in [2.45, 2.75) is 83.7 Å². The second kappa shape index (κ2) is 8.58. The van der Waals surface area contributed by atoms with Crippen molar-refractivity contribution in [3.63, 3.8) is 0 Å². The molecule has 2 atom stereocenters. The van der Waals surface area contributed by atoms with Crippen LogP contribution in [0.1, 0.15) is 66.2 Å². The minimum Gasteiger partial charge on any atom is -0.371 e. The van der Waals surface area contributed by atoms with Gasteiger partial charge in [0.1, 0.15) is 6.10 Å². The van der Waals surface area contributed by atoms with Crippen molar-refractivity contribution in [2.24, 2.45) is 0 Å². The third-order valence-corrected chi connectivity index (χ3v) is 3.54. The molecule has 3 heteroatoms. The quantitative estimate of drug-likeness (QED) is 0.441. The number of hydrogen-bond acceptors (Lipinski definition) is 3. The SMILES string of the molecule is CCCCC#C[C@](O)(/C=C/CCCC)[C@@H]1COC(C)(C)O1. The lowest BCUT2D eigenvalue weighted by Crippen LogP contribution is -2.42. The molecule has 120 valence electrons. The smallest absolute Gasteiger partial charge is 0.172 e. The summed E-state index contributed by atoms with van der Waals surface area (Å²) in [7, 11) is 0. The van der Waals surface area contributed by atoms with Gasteiger partial charge in [-0.25, -0.2) is 0 Å². The van der Waals surface area contributed by atoms with Crippen LogP contribution in [0.4, 0.5) is 0 Å². The normalized spacial score (nSPS) is 23.8. The Morgan fingerprint density at radius 3 is 2.57 bits per heavy atom. The molecular weight excluding hydrogens is 264 g/mol. The molecular formula is C18H30O3. The minimum atomic E-state index is -1.25. The molecule has 0 aromatic heterocycles. The maximum absolute atomic E-state index is 10.9. The molecule has 0 aromatic carbocycles. The highest BCUT2D eigenvalue weighted by Gasteiger charge is 2.43. The van der Waals surface area contributed by atoms with Crippen LogP contribution in [0.25, 0.3) is 0 Å². The number of hydrogen-bond donors (Lipinski definition) is 1. The topological polar surface area (TPSA) is 38.7 Å². The van der Waals surface area contributed by atoms with Crippen molar-refractivity contribution in [1.82, 2.24) is 0 Å². The van der Waals surface area contributed by atoms with Crippen LogP contribution in [-0.2, 0) is 9.47 Å². The van der Waals surface area contributed by atoms with E-state index in [1.54, 1.807) is 6.08 Å². The molecule has 1 aliphatic rings. The molecule has 1 aliphatic heterocycles. The first-order chi connectivity index (χ1) is 9.93. The van der Waals surface area contributed by atoms with Crippen LogP contribution in [0.2, 0.25) is 0 Å². The molecule has 0 aliphatic carbocycles. The van der Waals surface area contributed by atoms with Crippen molar-refractivity contribution in [3.8, 4) is 11.8 Å². The summed E-state index contributed by atoms with van der Waals surface area (Å²) in [6.45, 7) is 8.37. The predicted molar refractivity (Wildman–Crippen MR) is 85.8 cm³/mol. The summed E-state index contributed by atoms with van der Waals surface area (Å²) in [4.78, 5) is 0. The summed E-state index contributed by atoms with van der Waals surface area (Å²) >= 11 is 0. The van der Waals surface area contributed by atoms with Gasteiger partial charge in [-0.3, -0.25) is 0 Å². The lowest BCUT2D eigenvalue weighted by molar-refractivity contribution is -0.154. The summed E-state index contributed by atoms with van der Waals surface area (Å²) in [5.74, 6) is 5.43. The van der Waals surface area contributed by atoms with Crippen molar-refractivity contribution in [1.29, 1.82) is 0 Å². The van der Waals surface area contributed by atoms with E-state index in [2.05, 4.69) is 25.7 Å². The Bertz CT molecular complexity index is 389. The zero-order chi connectivity index (χ0) is 15.8. The van der Waals surface area contributed by atoms with Crippen LogP contribution in [0.15, 0.2) is 12.2 Å². The molecule has 0 aromatic rings. The van der Waals surface area contributed by atoms with Crippen LogP contribution in [0.3, 0.4) is 0 Å². The highest BCUT2D eigenvalue weighted by atomic mass is 16.7. The zero-order valence-corrected chi connectivity index (χ0v) is 13.9. The lowest BCUT2D eigenvalue weighted by atomic mass is 9.96. The summed E-state index contributed by atoms with van der Waals surface area (Å²) in [6.07, 6.45) is 9.53. The first-order valence-corrected chi connectivity index (χ1v) is 8.15. The van der Waals surface area contributed by atoms with Gasteiger partial charge >= 0.3 is 0 Å². The third kappa shape index (κ3) is 6.22. The van der Waals surface area contributed by atoms with Crippen LogP contribution in [0.5, 0.6) is 0 Å². The first kappa shape index (κ1) is 18.2. The van der Waals surface area contributed by atoms with E-state index in [0.717, 1.165) is 38.5 Å². The van der Waals surface area contributed by atoms with Crippen LogP contribution < -0.4 is 0 Å². The Kier molecular flexibility index (Phi) is 7.45. The van der Waals surface area contributed by atoms with E-state index < -0.39 is 17.5 Å². The average molecular weight is 294 g/mol. The van der Waals surface area contributed by atoms with Crippen molar-refractivity contribution >= 4 is 0 Å². The second-order valence-electron chi connectivity index (χ2n) is 6.09. The first-order valence-electron chi connectivity index (χ1n) is 8.15. The van der Waals surface area contributed by atoms with E-state index in [1.165, 1.54) is 0 Å². The van der Waals surface area contributed by atoms with Gasteiger partial charge in [0.15, 0.2) is 11.4 Å². The van der Waals surface area contributed by atoms with E-state index in [0.29, 0.717) is 6.61 Å². The Morgan fingerprint density at radius 1 is 1.29 bits per heavy atom. The largest absolute Gasteiger partial charge is 0.371 e. The number of allylic oxidation sites excluding steroid dienone is 1.